The lowest BCUT2D eigenvalue weighted by Crippen LogP contribution is -2.57. The lowest BCUT2D eigenvalue weighted by molar-refractivity contribution is -0.144. The van der Waals surface area contributed by atoms with Gasteiger partial charge in [0.2, 0.25) is 11.8 Å². The van der Waals surface area contributed by atoms with Gasteiger partial charge in [0, 0.05) is 35.7 Å². The Bertz CT molecular complexity index is 1040. The molecule has 4 rings (SSSR count). The number of aliphatic hydroxyl groups is 2. The first-order valence-electron chi connectivity index (χ1n) is 13.4. The van der Waals surface area contributed by atoms with Gasteiger partial charge in [0.15, 0.2) is 11.5 Å². The Morgan fingerprint density at radius 2 is 2.03 bits per heavy atom. The lowest BCUT2D eigenvalue weighted by atomic mass is 9.76. The van der Waals surface area contributed by atoms with E-state index < -0.39 is 30.1 Å². The molecule has 0 radical (unpaired) electrons. The molecule has 0 aromatic heterocycles. The molecule has 4 unspecified atom stereocenters. The van der Waals surface area contributed by atoms with E-state index in [0.717, 1.165) is 44.9 Å². The first-order chi connectivity index (χ1) is 17.9. The van der Waals surface area contributed by atoms with Gasteiger partial charge in [-0.05, 0) is 37.5 Å². The van der Waals surface area contributed by atoms with Crippen molar-refractivity contribution in [3.63, 3.8) is 0 Å². The number of methoxy groups -OCH3 is 1. The van der Waals surface area contributed by atoms with Crippen molar-refractivity contribution in [3.8, 4) is 11.5 Å². The van der Waals surface area contributed by atoms with Crippen LogP contribution >= 0.6 is 0 Å². The number of aliphatic hydroxyl groups excluding tert-OH is 2. The highest BCUT2D eigenvalue weighted by Gasteiger charge is 2.52. The molecule has 4 atom stereocenters. The molecule has 1 fully saturated rings. The molecule has 2 aliphatic carbocycles. The van der Waals surface area contributed by atoms with Gasteiger partial charge in [-0.25, -0.2) is 0 Å². The summed E-state index contributed by atoms with van der Waals surface area (Å²) >= 11 is 0. The van der Waals surface area contributed by atoms with Gasteiger partial charge in [-0.3, -0.25) is 14.4 Å². The van der Waals surface area contributed by atoms with Crippen molar-refractivity contribution in [2.24, 2.45) is 5.92 Å². The average molecular weight is 515 g/mol. The Kier molecular flexibility index (Phi) is 8.87. The predicted octanol–water partition coefficient (Wildman–Crippen LogP) is 2.34. The molecule has 9 heteroatoms. The second kappa shape index (κ2) is 12.1. The minimum Gasteiger partial charge on any atom is -0.493 e. The summed E-state index contributed by atoms with van der Waals surface area (Å²) in [5, 5.41) is 23.6. The molecule has 202 valence electrons. The molecule has 1 aromatic rings. The van der Waals surface area contributed by atoms with E-state index >= 15 is 0 Å². The third-order valence-corrected chi connectivity index (χ3v) is 7.76. The maximum atomic E-state index is 13.5. The van der Waals surface area contributed by atoms with E-state index in [1.165, 1.54) is 7.11 Å². The number of nitrogens with zero attached hydrogens (tertiary/aromatic N) is 1. The number of nitrogens with one attached hydrogen (secondary N) is 1. The zero-order valence-electron chi connectivity index (χ0n) is 21.7. The molecule has 37 heavy (non-hydrogen) atoms. The summed E-state index contributed by atoms with van der Waals surface area (Å²) in [7, 11) is 1.47. The Labute approximate surface area is 217 Å². The fourth-order valence-electron chi connectivity index (χ4n) is 5.56. The van der Waals surface area contributed by atoms with Crippen LogP contribution in [0.25, 0.3) is 0 Å². The Balaban J connectivity index is 1.75. The number of hydrogen-bond acceptors (Lipinski definition) is 7. The van der Waals surface area contributed by atoms with Crippen LogP contribution in [-0.2, 0) is 9.59 Å². The summed E-state index contributed by atoms with van der Waals surface area (Å²) < 4.78 is 11.7. The first kappa shape index (κ1) is 27.1. The standard InChI is InChI=1S/C28H38N2O7/c1-3-4-5-6-11-30(28(35)18-8-7-9-18)21-15-20(27(34)29-10-12-31)23-19-13-17(16-32)14-22(36-2)25(19)37-26(23)24(21)33/h13-16,18,21,23-24,26,31,33H,3-12H2,1-2H3,(H,29,34). The zero-order valence-corrected chi connectivity index (χ0v) is 21.7. The largest absolute Gasteiger partial charge is 0.493 e. The highest BCUT2D eigenvalue weighted by molar-refractivity contribution is 5.96. The van der Waals surface area contributed by atoms with Crippen molar-refractivity contribution in [1.82, 2.24) is 10.2 Å². The monoisotopic (exact) mass is 514 g/mol. The summed E-state index contributed by atoms with van der Waals surface area (Å²) in [6.07, 6.45) is 7.04. The van der Waals surface area contributed by atoms with Crippen LogP contribution in [0.4, 0.5) is 0 Å². The average Bonchev–Trinajstić information content (AvgIpc) is 3.26. The normalized spacial score (nSPS) is 24.2. The van der Waals surface area contributed by atoms with Crippen LogP contribution in [0.2, 0.25) is 0 Å². The molecule has 1 aliphatic heterocycles. The molecule has 1 aromatic carbocycles. The van der Waals surface area contributed by atoms with Gasteiger partial charge < -0.3 is 29.9 Å². The Hall–Kier alpha value is -2.91. The number of carbonyl (C=O) groups excluding carboxylic acids is 3. The minimum absolute atomic E-state index is 0.00736. The van der Waals surface area contributed by atoms with E-state index in [9.17, 15) is 24.6 Å². The van der Waals surface area contributed by atoms with Gasteiger partial charge in [0.05, 0.1) is 25.7 Å². The van der Waals surface area contributed by atoms with Crippen molar-refractivity contribution in [1.29, 1.82) is 0 Å². The molecular weight excluding hydrogens is 476 g/mol. The molecule has 3 N–H and O–H groups in total. The van der Waals surface area contributed by atoms with Crippen LogP contribution in [0.5, 0.6) is 11.5 Å². The van der Waals surface area contributed by atoms with E-state index in [1.54, 1.807) is 23.1 Å². The number of ether oxygens (including phenoxy) is 2. The fraction of sp³-hybridized carbons (Fsp3) is 0.607. The molecule has 9 nitrogen and oxygen atoms in total. The molecule has 0 spiro atoms. The van der Waals surface area contributed by atoms with Crippen LogP contribution in [0.1, 0.15) is 73.7 Å². The van der Waals surface area contributed by atoms with E-state index in [-0.39, 0.29) is 25.0 Å². The number of rotatable bonds is 12. The second-order valence-electron chi connectivity index (χ2n) is 10.1. The van der Waals surface area contributed by atoms with Crippen LogP contribution < -0.4 is 14.8 Å². The van der Waals surface area contributed by atoms with Crippen LogP contribution in [0.15, 0.2) is 23.8 Å². The smallest absolute Gasteiger partial charge is 0.247 e. The van der Waals surface area contributed by atoms with E-state index in [1.807, 2.05) is 0 Å². The quantitative estimate of drug-likeness (QED) is 0.289. The van der Waals surface area contributed by atoms with Crippen LogP contribution in [-0.4, -0.2) is 78.3 Å². The minimum atomic E-state index is -1.09. The Morgan fingerprint density at radius 3 is 2.65 bits per heavy atom. The SMILES string of the molecule is CCCCCCN(C(=O)C1CCC1)C1C=C(C(=O)NCCO)C2c3cc(C=O)cc(OC)c3OC2C1O. The molecule has 0 saturated heterocycles. The van der Waals surface area contributed by atoms with Crippen LogP contribution in [0.3, 0.4) is 0 Å². The summed E-state index contributed by atoms with van der Waals surface area (Å²) in [6, 6.07) is 2.47. The number of carbonyl (C=O) groups is 3. The van der Waals surface area contributed by atoms with Gasteiger partial charge in [-0.2, -0.15) is 0 Å². The zero-order chi connectivity index (χ0) is 26.5. The summed E-state index contributed by atoms with van der Waals surface area (Å²) in [4.78, 5) is 40.2. The molecule has 1 heterocycles. The molecular formula is C28H38N2O7. The first-order valence-corrected chi connectivity index (χ1v) is 13.4. The fourth-order valence-corrected chi connectivity index (χ4v) is 5.56. The maximum absolute atomic E-state index is 13.5. The summed E-state index contributed by atoms with van der Waals surface area (Å²) in [5.41, 5.74) is 1.29. The van der Waals surface area contributed by atoms with Crippen LogP contribution in [0, 0.1) is 5.92 Å². The third-order valence-electron chi connectivity index (χ3n) is 7.76. The number of aldehydes is 1. The molecule has 1 saturated carbocycles. The molecule has 2 amide bonds. The van der Waals surface area contributed by atoms with E-state index in [2.05, 4.69) is 12.2 Å². The van der Waals surface area contributed by atoms with Gasteiger partial charge in [-0.15, -0.1) is 0 Å². The van der Waals surface area contributed by atoms with E-state index in [0.29, 0.717) is 41.0 Å². The topological polar surface area (TPSA) is 125 Å². The van der Waals surface area contributed by atoms with Crippen molar-refractivity contribution < 1.29 is 34.1 Å². The van der Waals surface area contributed by atoms with Crippen molar-refractivity contribution >= 4 is 18.1 Å². The van der Waals surface area contributed by atoms with Crippen molar-refractivity contribution in [2.75, 3.05) is 26.8 Å². The van der Waals surface area contributed by atoms with Gasteiger partial charge in [0.1, 0.15) is 18.5 Å². The maximum Gasteiger partial charge on any atom is 0.247 e. The number of hydrogen-bond donors (Lipinski definition) is 3. The molecule has 3 aliphatic rings. The van der Waals surface area contributed by atoms with Crippen molar-refractivity contribution in [2.45, 2.75) is 76.0 Å². The number of amides is 2. The summed E-state index contributed by atoms with van der Waals surface area (Å²) in [5.74, 6) is -0.399. The van der Waals surface area contributed by atoms with Gasteiger partial charge >= 0.3 is 0 Å². The number of unbranched alkanes of at least 4 members (excludes halogenated alkanes) is 3. The third kappa shape index (κ3) is 5.38. The highest BCUT2D eigenvalue weighted by atomic mass is 16.5. The number of fused-ring (bicyclic) bond motifs is 3. The van der Waals surface area contributed by atoms with Crippen molar-refractivity contribution in [3.05, 3.63) is 34.9 Å². The Morgan fingerprint density at radius 1 is 1.24 bits per heavy atom. The highest BCUT2D eigenvalue weighted by Crippen LogP contribution is 2.51. The second-order valence-corrected chi connectivity index (χ2v) is 10.1. The predicted molar refractivity (Wildman–Crippen MR) is 137 cm³/mol. The lowest BCUT2D eigenvalue weighted by Gasteiger charge is -2.43. The van der Waals surface area contributed by atoms with E-state index in [4.69, 9.17) is 9.47 Å². The van der Waals surface area contributed by atoms with Gasteiger partial charge in [-0.1, -0.05) is 32.6 Å². The summed E-state index contributed by atoms with van der Waals surface area (Å²) in [6.45, 7) is 2.46. The molecule has 0 bridgehead atoms. The number of benzene rings is 1. The van der Waals surface area contributed by atoms with Gasteiger partial charge in [0.25, 0.3) is 0 Å².